The Bertz CT molecular complexity index is 798. The molecule has 4 rings (SSSR count). The van der Waals surface area contributed by atoms with E-state index in [-0.39, 0.29) is 6.04 Å². The maximum Gasteiger partial charge on any atom is 0.307 e. The number of aliphatic carboxylic acids is 1. The largest absolute Gasteiger partial charge is 0.481 e. The van der Waals surface area contributed by atoms with Crippen molar-refractivity contribution in [3.05, 3.63) is 35.2 Å². The van der Waals surface area contributed by atoms with E-state index in [1.54, 1.807) is 18.6 Å². The minimum absolute atomic E-state index is 0.0860. The highest BCUT2D eigenvalue weighted by Crippen LogP contribution is 2.42. The van der Waals surface area contributed by atoms with E-state index in [9.17, 15) is 4.79 Å². The number of carboxylic acid groups (broad SMARTS) is 1. The van der Waals surface area contributed by atoms with Gasteiger partial charge in [-0.05, 0) is 18.6 Å². The van der Waals surface area contributed by atoms with Crippen molar-refractivity contribution in [2.75, 3.05) is 6.54 Å². The molecule has 1 saturated heterocycles. The third-order valence-electron chi connectivity index (χ3n) is 4.13. The lowest BCUT2D eigenvalue weighted by Crippen LogP contribution is -2.17. The topological polar surface area (TPSA) is 75.6 Å². The monoisotopic (exact) mass is 305 g/mol. The summed E-state index contributed by atoms with van der Waals surface area (Å²) in [4.78, 5) is 11.2. The van der Waals surface area contributed by atoms with Crippen molar-refractivity contribution in [3.63, 3.8) is 0 Å². The van der Waals surface area contributed by atoms with E-state index in [2.05, 4.69) is 5.32 Å². The molecule has 0 radical (unpaired) electrons. The Morgan fingerprint density at radius 3 is 2.67 bits per heavy atom. The second kappa shape index (κ2) is 4.51. The summed E-state index contributed by atoms with van der Waals surface area (Å²) in [6.07, 6.45) is 3.69. The van der Waals surface area contributed by atoms with Crippen LogP contribution >= 0.6 is 11.6 Å². The van der Waals surface area contributed by atoms with Gasteiger partial charge in [0.2, 0.25) is 0 Å². The van der Waals surface area contributed by atoms with Crippen LogP contribution in [0.25, 0.3) is 21.9 Å². The minimum Gasteiger partial charge on any atom is -0.481 e. The van der Waals surface area contributed by atoms with Crippen LogP contribution in [0, 0.1) is 5.92 Å². The fourth-order valence-corrected chi connectivity index (χ4v) is 3.41. The molecule has 2 aromatic heterocycles. The normalized spacial score (nSPS) is 22.3. The molecule has 1 aliphatic heterocycles. The summed E-state index contributed by atoms with van der Waals surface area (Å²) in [6, 6.07) is 3.55. The van der Waals surface area contributed by atoms with Crippen LogP contribution in [0.5, 0.6) is 0 Å². The van der Waals surface area contributed by atoms with Crippen LogP contribution in [0.2, 0.25) is 5.02 Å². The lowest BCUT2D eigenvalue weighted by atomic mass is 9.96. The van der Waals surface area contributed by atoms with Crippen molar-refractivity contribution >= 4 is 39.5 Å². The highest BCUT2D eigenvalue weighted by atomic mass is 35.5. The molecule has 3 heterocycles. The lowest BCUT2D eigenvalue weighted by Gasteiger charge is -2.13. The van der Waals surface area contributed by atoms with Crippen LogP contribution in [0.4, 0.5) is 0 Å². The highest BCUT2D eigenvalue weighted by Gasteiger charge is 2.33. The third kappa shape index (κ3) is 1.78. The van der Waals surface area contributed by atoms with Crippen molar-refractivity contribution in [1.29, 1.82) is 0 Å². The summed E-state index contributed by atoms with van der Waals surface area (Å²) in [5.41, 5.74) is 2.23. The number of halogens is 1. The first kappa shape index (κ1) is 12.7. The van der Waals surface area contributed by atoms with Crippen LogP contribution in [0.1, 0.15) is 18.0 Å². The van der Waals surface area contributed by atoms with E-state index in [1.165, 1.54) is 0 Å². The number of hydrogen-bond acceptors (Lipinski definition) is 4. The molecule has 5 nitrogen and oxygen atoms in total. The molecule has 3 aromatic rings. The van der Waals surface area contributed by atoms with Crippen LogP contribution in [0.3, 0.4) is 0 Å². The van der Waals surface area contributed by atoms with Gasteiger partial charge < -0.3 is 19.3 Å². The zero-order chi connectivity index (χ0) is 14.6. The Kier molecular flexibility index (Phi) is 2.74. The van der Waals surface area contributed by atoms with Crippen molar-refractivity contribution < 1.29 is 18.7 Å². The van der Waals surface area contributed by atoms with E-state index in [0.29, 0.717) is 29.2 Å². The smallest absolute Gasteiger partial charge is 0.307 e. The first-order valence-corrected chi connectivity index (χ1v) is 7.06. The Hall–Kier alpha value is -1.98. The Labute approximate surface area is 124 Å². The molecule has 0 amide bonds. The maximum atomic E-state index is 11.2. The first-order chi connectivity index (χ1) is 10.2. The van der Waals surface area contributed by atoms with Gasteiger partial charge in [-0.1, -0.05) is 11.6 Å². The van der Waals surface area contributed by atoms with Crippen molar-refractivity contribution in [3.8, 4) is 0 Å². The van der Waals surface area contributed by atoms with Gasteiger partial charge in [0, 0.05) is 28.9 Å². The second-order valence-electron chi connectivity index (χ2n) is 5.29. The summed E-state index contributed by atoms with van der Waals surface area (Å²) in [7, 11) is 0. The predicted molar refractivity (Wildman–Crippen MR) is 77.5 cm³/mol. The molecule has 2 unspecified atom stereocenters. The third-order valence-corrected chi connectivity index (χ3v) is 4.50. The number of fused-ring (bicyclic) bond motifs is 2. The molecule has 2 N–H and O–H groups in total. The molecule has 0 bridgehead atoms. The number of furan rings is 2. The number of nitrogens with one attached hydrogen (secondary N) is 1. The summed E-state index contributed by atoms with van der Waals surface area (Å²) in [5.74, 6) is -1.17. The van der Waals surface area contributed by atoms with Crippen LogP contribution in [0.15, 0.2) is 33.5 Å². The molecule has 21 heavy (non-hydrogen) atoms. The molecular weight excluding hydrogens is 294 g/mol. The summed E-state index contributed by atoms with van der Waals surface area (Å²) in [6.45, 7) is 0.449. The number of hydrogen-bond donors (Lipinski definition) is 2. The zero-order valence-electron chi connectivity index (χ0n) is 10.9. The van der Waals surface area contributed by atoms with Gasteiger partial charge in [0.05, 0.1) is 23.5 Å². The van der Waals surface area contributed by atoms with Gasteiger partial charge in [0.15, 0.2) is 5.58 Å². The van der Waals surface area contributed by atoms with Gasteiger partial charge in [-0.3, -0.25) is 4.79 Å². The van der Waals surface area contributed by atoms with Gasteiger partial charge in [-0.25, -0.2) is 0 Å². The van der Waals surface area contributed by atoms with E-state index in [0.717, 1.165) is 16.3 Å². The summed E-state index contributed by atoms with van der Waals surface area (Å²) < 4.78 is 11.1. The minimum atomic E-state index is -0.780. The predicted octanol–water partition coefficient (Wildman–Crippen LogP) is 3.57. The second-order valence-corrected chi connectivity index (χ2v) is 5.66. The molecule has 0 spiro atoms. The van der Waals surface area contributed by atoms with Crippen molar-refractivity contribution in [2.45, 2.75) is 12.5 Å². The number of rotatable bonds is 2. The molecule has 0 aliphatic carbocycles. The fourth-order valence-electron chi connectivity index (χ4n) is 3.12. The molecule has 1 aliphatic rings. The number of carboxylic acids is 1. The van der Waals surface area contributed by atoms with Gasteiger partial charge >= 0.3 is 5.97 Å². The number of benzene rings is 1. The molecule has 1 aromatic carbocycles. The summed E-state index contributed by atoms with van der Waals surface area (Å²) >= 11 is 6.35. The first-order valence-electron chi connectivity index (χ1n) is 6.68. The van der Waals surface area contributed by atoms with Gasteiger partial charge in [-0.15, -0.1) is 0 Å². The van der Waals surface area contributed by atoms with Gasteiger partial charge in [-0.2, -0.15) is 0 Å². The van der Waals surface area contributed by atoms with Crippen LogP contribution < -0.4 is 5.32 Å². The molecule has 6 heteroatoms. The maximum absolute atomic E-state index is 11.2. The molecular formula is C15H12ClNO4. The van der Waals surface area contributed by atoms with Crippen LogP contribution in [-0.2, 0) is 4.79 Å². The Morgan fingerprint density at radius 2 is 1.95 bits per heavy atom. The van der Waals surface area contributed by atoms with E-state index in [4.69, 9.17) is 25.5 Å². The Balaban J connectivity index is 1.94. The molecule has 108 valence electrons. The van der Waals surface area contributed by atoms with E-state index < -0.39 is 11.9 Å². The summed E-state index contributed by atoms with van der Waals surface area (Å²) in [5, 5.41) is 14.6. The van der Waals surface area contributed by atoms with Gasteiger partial charge in [0.25, 0.3) is 0 Å². The SMILES string of the molecule is O=C(O)C1CNC(c2c3ccoc3c(Cl)c3ccoc23)C1. The van der Waals surface area contributed by atoms with Gasteiger partial charge in [0.1, 0.15) is 5.58 Å². The van der Waals surface area contributed by atoms with Crippen LogP contribution in [-0.4, -0.2) is 17.6 Å². The molecule has 1 fully saturated rings. The van der Waals surface area contributed by atoms with Crippen molar-refractivity contribution in [1.82, 2.24) is 5.32 Å². The standard InChI is InChI=1S/C15H12ClNO4/c16-12-9-2-4-20-13(9)11(8-1-3-21-14(8)12)10-5-7(6-17-10)15(18)19/h1-4,7,10,17H,5-6H2,(H,18,19). The highest BCUT2D eigenvalue weighted by molar-refractivity contribution is 6.40. The average molecular weight is 306 g/mol. The quantitative estimate of drug-likeness (QED) is 0.757. The zero-order valence-corrected chi connectivity index (χ0v) is 11.7. The average Bonchev–Trinajstić information content (AvgIpc) is 3.19. The lowest BCUT2D eigenvalue weighted by molar-refractivity contribution is -0.141. The molecule has 2 atom stereocenters. The fraction of sp³-hybridized carbons (Fsp3) is 0.267. The van der Waals surface area contributed by atoms with E-state index >= 15 is 0 Å². The molecule has 0 saturated carbocycles. The van der Waals surface area contributed by atoms with Crippen molar-refractivity contribution in [2.24, 2.45) is 5.92 Å². The Morgan fingerprint density at radius 1 is 1.24 bits per heavy atom. The number of carbonyl (C=O) groups is 1. The van der Waals surface area contributed by atoms with E-state index in [1.807, 2.05) is 6.07 Å².